The number of hydrogen-bond acceptors (Lipinski definition) is 5. The summed E-state index contributed by atoms with van der Waals surface area (Å²) in [7, 11) is 1.87. The smallest absolute Gasteiger partial charge is 0.219 e. The number of anilines is 1. The summed E-state index contributed by atoms with van der Waals surface area (Å²) < 4.78 is 6.28. The van der Waals surface area contributed by atoms with E-state index in [2.05, 4.69) is 36.1 Å². The van der Waals surface area contributed by atoms with Gasteiger partial charge in [-0.25, -0.2) is 4.98 Å². The first-order chi connectivity index (χ1) is 10.0. The Labute approximate surface area is 132 Å². The van der Waals surface area contributed by atoms with E-state index in [1.54, 1.807) is 0 Å². The van der Waals surface area contributed by atoms with Gasteiger partial charge < -0.3 is 10.1 Å². The van der Waals surface area contributed by atoms with Gasteiger partial charge in [-0.05, 0) is 36.9 Å². The number of ether oxygens (including phenoxy) is 1. The van der Waals surface area contributed by atoms with Gasteiger partial charge in [0, 0.05) is 13.1 Å². The molecule has 1 N–H and O–H groups in total. The van der Waals surface area contributed by atoms with Gasteiger partial charge in [0.05, 0.1) is 0 Å². The highest BCUT2D eigenvalue weighted by molar-refractivity contribution is 7.98. The molecule has 1 aromatic rings. The van der Waals surface area contributed by atoms with E-state index >= 15 is 0 Å². The molecule has 0 saturated heterocycles. The van der Waals surface area contributed by atoms with E-state index in [1.807, 2.05) is 19.4 Å². The Balaban J connectivity index is 2.17. The third-order valence-electron chi connectivity index (χ3n) is 4.35. The maximum atomic E-state index is 6.28. The summed E-state index contributed by atoms with van der Waals surface area (Å²) >= 11 is 1.54. The minimum absolute atomic E-state index is 0.267. The topological polar surface area (TPSA) is 47.0 Å². The highest BCUT2D eigenvalue weighted by atomic mass is 32.2. The second-order valence-electron chi connectivity index (χ2n) is 6.31. The van der Waals surface area contributed by atoms with E-state index in [1.165, 1.54) is 24.6 Å². The van der Waals surface area contributed by atoms with Gasteiger partial charge in [0.15, 0.2) is 5.16 Å². The number of aromatic nitrogens is 2. The normalized spacial score (nSPS) is 25.9. The minimum atomic E-state index is 0.267. The van der Waals surface area contributed by atoms with Gasteiger partial charge >= 0.3 is 0 Å². The second kappa shape index (κ2) is 7.34. The molecule has 0 amide bonds. The van der Waals surface area contributed by atoms with Crippen molar-refractivity contribution in [2.24, 2.45) is 17.8 Å². The molecule has 118 valence electrons. The molecule has 0 bridgehead atoms. The van der Waals surface area contributed by atoms with Gasteiger partial charge in [0.2, 0.25) is 5.88 Å². The van der Waals surface area contributed by atoms with Crippen molar-refractivity contribution in [1.29, 1.82) is 0 Å². The van der Waals surface area contributed by atoms with Crippen LogP contribution < -0.4 is 10.1 Å². The lowest BCUT2D eigenvalue weighted by atomic mass is 9.75. The van der Waals surface area contributed by atoms with Crippen LogP contribution in [0.4, 0.5) is 5.82 Å². The molecule has 1 aromatic heterocycles. The van der Waals surface area contributed by atoms with Crippen molar-refractivity contribution < 1.29 is 4.74 Å². The van der Waals surface area contributed by atoms with Crippen LogP contribution in [0.25, 0.3) is 0 Å². The standard InChI is InChI=1S/C16H27N3OS/c1-10(2)12-7-6-11(3)8-13(12)20-15-9-14(17-4)18-16(19-15)21-5/h9-13H,6-8H2,1-5H3,(H,17,18,19). The Morgan fingerprint density at radius 2 is 2.10 bits per heavy atom. The van der Waals surface area contributed by atoms with Crippen LogP contribution in [0.5, 0.6) is 5.88 Å². The third kappa shape index (κ3) is 4.25. The lowest BCUT2D eigenvalue weighted by Gasteiger charge is -2.37. The van der Waals surface area contributed by atoms with Crippen LogP contribution in [0.1, 0.15) is 40.0 Å². The molecular formula is C16H27N3OS. The molecule has 1 saturated carbocycles. The van der Waals surface area contributed by atoms with Crippen LogP contribution in [-0.4, -0.2) is 29.4 Å². The molecule has 1 fully saturated rings. The predicted octanol–water partition coefficient (Wildman–Crippen LogP) is 4.08. The molecular weight excluding hydrogens is 282 g/mol. The number of thioether (sulfide) groups is 1. The van der Waals surface area contributed by atoms with Crippen LogP contribution in [-0.2, 0) is 0 Å². The van der Waals surface area contributed by atoms with E-state index in [4.69, 9.17) is 4.74 Å². The molecule has 4 nitrogen and oxygen atoms in total. The maximum Gasteiger partial charge on any atom is 0.219 e. The second-order valence-corrected chi connectivity index (χ2v) is 7.08. The molecule has 0 radical (unpaired) electrons. The van der Waals surface area contributed by atoms with Gasteiger partial charge in [-0.2, -0.15) is 4.98 Å². The Morgan fingerprint density at radius 3 is 2.71 bits per heavy atom. The maximum absolute atomic E-state index is 6.28. The van der Waals surface area contributed by atoms with Crippen molar-refractivity contribution in [3.63, 3.8) is 0 Å². The molecule has 0 aliphatic heterocycles. The van der Waals surface area contributed by atoms with Crippen LogP contribution in [0, 0.1) is 17.8 Å². The first-order valence-corrected chi connectivity index (χ1v) is 9.03. The van der Waals surface area contributed by atoms with Gasteiger partial charge in [0.25, 0.3) is 0 Å². The highest BCUT2D eigenvalue weighted by Crippen LogP contribution is 2.36. The fourth-order valence-corrected chi connectivity index (χ4v) is 3.46. The van der Waals surface area contributed by atoms with Crippen molar-refractivity contribution in [3.05, 3.63) is 6.07 Å². The molecule has 0 aromatic carbocycles. The fourth-order valence-electron chi connectivity index (χ4n) is 3.09. The average molecular weight is 309 g/mol. The first-order valence-electron chi connectivity index (χ1n) is 7.81. The highest BCUT2D eigenvalue weighted by Gasteiger charge is 2.32. The Hall–Kier alpha value is -0.970. The van der Waals surface area contributed by atoms with Gasteiger partial charge in [0.1, 0.15) is 11.9 Å². The largest absolute Gasteiger partial charge is 0.474 e. The van der Waals surface area contributed by atoms with Crippen molar-refractivity contribution in [3.8, 4) is 5.88 Å². The number of nitrogens with one attached hydrogen (secondary N) is 1. The molecule has 21 heavy (non-hydrogen) atoms. The van der Waals surface area contributed by atoms with Crippen molar-refractivity contribution in [2.45, 2.75) is 51.3 Å². The lowest BCUT2D eigenvalue weighted by molar-refractivity contribution is 0.0421. The summed E-state index contributed by atoms with van der Waals surface area (Å²) in [5.41, 5.74) is 0. The SMILES string of the molecule is CNc1cc(OC2CC(C)CCC2C(C)C)nc(SC)n1. The molecule has 1 heterocycles. The number of rotatable bonds is 5. The molecule has 0 spiro atoms. The average Bonchev–Trinajstić information content (AvgIpc) is 2.46. The minimum Gasteiger partial charge on any atom is -0.474 e. The molecule has 2 rings (SSSR count). The zero-order valence-corrected chi connectivity index (χ0v) is 14.5. The van der Waals surface area contributed by atoms with Crippen LogP contribution in [0.15, 0.2) is 11.2 Å². The summed E-state index contributed by atoms with van der Waals surface area (Å²) in [4.78, 5) is 8.90. The number of hydrogen-bond donors (Lipinski definition) is 1. The molecule has 1 aliphatic carbocycles. The fraction of sp³-hybridized carbons (Fsp3) is 0.750. The Morgan fingerprint density at radius 1 is 1.33 bits per heavy atom. The number of nitrogens with zero attached hydrogens (tertiary/aromatic N) is 2. The quantitative estimate of drug-likeness (QED) is 0.656. The van der Waals surface area contributed by atoms with E-state index in [0.29, 0.717) is 17.7 Å². The van der Waals surface area contributed by atoms with Gasteiger partial charge in [-0.1, -0.05) is 39.0 Å². The van der Waals surface area contributed by atoms with Crippen molar-refractivity contribution in [1.82, 2.24) is 9.97 Å². The monoisotopic (exact) mass is 309 g/mol. The zero-order valence-electron chi connectivity index (χ0n) is 13.7. The Bertz CT molecular complexity index is 445. The Kier molecular flexibility index (Phi) is 5.73. The molecule has 1 aliphatic rings. The summed E-state index contributed by atoms with van der Waals surface area (Å²) in [5, 5.41) is 3.83. The zero-order chi connectivity index (χ0) is 15.4. The van der Waals surface area contributed by atoms with E-state index in [0.717, 1.165) is 23.3 Å². The molecule has 5 heteroatoms. The van der Waals surface area contributed by atoms with Gasteiger partial charge in [-0.3, -0.25) is 0 Å². The summed E-state index contributed by atoms with van der Waals surface area (Å²) in [6.07, 6.45) is 5.94. The predicted molar refractivity (Wildman–Crippen MR) is 89.1 cm³/mol. The first kappa shape index (κ1) is 16.4. The van der Waals surface area contributed by atoms with Gasteiger partial charge in [-0.15, -0.1) is 0 Å². The molecule has 3 unspecified atom stereocenters. The van der Waals surface area contributed by atoms with E-state index in [-0.39, 0.29) is 6.10 Å². The van der Waals surface area contributed by atoms with E-state index < -0.39 is 0 Å². The van der Waals surface area contributed by atoms with Crippen LogP contribution in [0.3, 0.4) is 0 Å². The molecule has 3 atom stereocenters. The summed E-state index contributed by atoms with van der Waals surface area (Å²) in [6.45, 7) is 6.91. The summed E-state index contributed by atoms with van der Waals surface area (Å²) in [6, 6.07) is 1.90. The van der Waals surface area contributed by atoms with E-state index in [9.17, 15) is 0 Å². The van der Waals surface area contributed by atoms with Crippen LogP contribution >= 0.6 is 11.8 Å². The van der Waals surface area contributed by atoms with Crippen molar-refractivity contribution >= 4 is 17.6 Å². The summed E-state index contributed by atoms with van der Waals surface area (Å²) in [5.74, 6) is 3.51. The van der Waals surface area contributed by atoms with Crippen molar-refractivity contribution in [2.75, 3.05) is 18.6 Å². The van der Waals surface area contributed by atoms with Crippen LogP contribution in [0.2, 0.25) is 0 Å². The lowest BCUT2D eigenvalue weighted by Crippen LogP contribution is -2.36. The third-order valence-corrected chi connectivity index (χ3v) is 4.90.